The van der Waals surface area contributed by atoms with Crippen molar-refractivity contribution in [2.24, 2.45) is 18.1 Å². The molecule has 5 nitrogen and oxygen atoms in total. The van der Waals surface area contributed by atoms with Gasteiger partial charge in [0.25, 0.3) is 0 Å². The molecule has 2 atom stereocenters. The zero-order valence-electron chi connectivity index (χ0n) is 15.1. The average molecular weight is 431 g/mol. The van der Waals surface area contributed by atoms with Crippen LogP contribution in [0.25, 0.3) is 11.1 Å². The van der Waals surface area contributed by atoms with Crippen LogP contribution in [-0.4, -0.2) is 27.0 Å². The van der Waals surface area contributed by atoms with Crippen molar-refractivity contribution in [1.29, 1.82) is 0 Å². The van der Waals surface area contributed by atoms with Crippen LogP contribution in [0.2, 0.25) is 5.02 Å². The molecular formula is C19H15ClF4N2O3. The zero-order valence-corrected chi connectivity index (χ0v) is 15.8. The maximum absolute atomic E-state index is 14.6. The van der Waals surface area contributed by atoms with Gasteiger partial charge in [0.2, 0.25) is 5.60 Å². The van der Waals surface area contributed by atoms with Gasteiger partial charge in [-0.25, -0.2) is 9.18 Å². The highest BCUT2D eigenvalue weighted by molar-refractivity contribution is 6.34. The first kappa shape index (κ1) is 19.8. The van der Waals surface area contributed by atoms with Crippen LogP contribution in [0, 0.1) is 11.7 Å². The van der Waals surface area contributed by atoms with E-state index in [-0.39, 0.29) is 33.8 Å². The number of aromatic nitrogens is 1. The molecule has 154 valence electrons. The maximum Gasteiger partial charge on any atom is 0.431 e. The molecule has 1 aromatic heterocycles. The summed E-state index contributed by atoms with van der Waals surface area (Å²) in [6, 6.07) is 3.14. The van der Waals surface area contributed by atoms with Gasteiger partial charge in [-0.15, -0.1) is 0 Å². The minimum atomic E-state index is -4.59. The second-order valence-electron chi connectivity index (χ2n) is 7.24. The lowest BCUT2D eigenvalue weighted by Gasteiger charge is -2.21. The van der Waals surface area contributed by atoms with Gasteiger partial charge in [0.05, 0.1) is 16.7 Å². The summed E-state index contributed by atoms with van der Waals surface area (Å²) in [7, 11) is 1.22. The number of rotatable bonds is 3. The van der Waals surface area contributed by atoms with Crippen molar-refractivity contribution in [3.05, 3.63) is 46.5 Å². The first-order valence-corrected chi connectivity index (χ1v) is 9.15. The lowest BCUT2D eigenvalue weighted by atomic mass is 9.84. The number of carboxylic acid groups (broad SMARTS) is 1. The number of hydrogen-bond acceptors (Lipinski definition) is 3. The standard InChI is InChI=1S/C19H15ClF4N2O3/c1-26-8-9(5-15(26)19(22,23)24)10-6-11(13(20)7-14(10)21)16-12-3-2-4-18(12,17(27)28)29-25-16/h5-8,12H,2-4H2,1H3,(H,27,28). The van der Waals surface area contributed by atoms with Crippen LogP contribution < -0.4 is 0 Å². The summed E-state index contributed by atoms with van der Waals surface area (Å²) in [5.41, 5.74) is -1.97. The van der Waals surface area contributed by atoms with Gasteiger partial charge < -0.3 is 14.5 Å². The number of nitrogens with zero attached hydrogens (tertiary/aromatic N) is 2. The molecule has 1 aromatic carbocycles. The van der Waals surface area contributed by atoms with Crippen molar-refractivity contribution in [1.82, 2.24) is 4.57 Å². The molecule has 29 heavy (non-hydrogen) atoms. The molecule has 1 fully saturated rings. The minimum absolute atomic E-state index is 0.0191. The quantitative estimate of drug-likeness (QED) is 0.707. The summed E-state index contributed by atoms with van der Waals surface area (Å²) in [5, 5.41) is 13.5. The Hall–Kier alpha value is -2.55. The molecule has 1 N–H and O–H groups in total. The van der Waals surface area contributed by atoms with E-state index >= 15 is 0 Å². The van der Waals surface area contributed by atoms with Gasteiger partial charge in [-0.3, -0.25) is 0 Å². The predicted molar refractivity (Wildman–Crippen MR) is 96.1 cm³/mol. The Labute approximate surface area is 167 Å². The van der Waals surface area contributed by atoms with Crippen LogP contribution >= 0.6 is 11.6 Å². The van der Waals surface area contributed by atoms with Gasteiger partial charge in [-0.1, -0.05) is 16.8 Å². The summed E-state index contributed by atoms with van der Waals surface area (Å²) in [6.07, 6.45) is -2.04. The average Bonchev–Trinajstić information content (AvgIpc) is 3.28. The van der Waals surface area contributed by atoms with Crippen molar-refractivity contribution >= 4 is 23.3 Å². The van der Waals surface area contributed by atoms with Gasteiger partial charge in [0.1, 0.15) is 11.5 Å². The van der Waals surface area contributed by atoms with E-state index in [9.17, 15) is 27.5 Å². The van der Waals surface area contributed by atoms with Gasteiger partial charge in [-0.05, 0) is 31.0 Å². The van der Waals surface area contributed by atoms with Crippen LogP contribution in [0.4, 0.5) is 17.6 Å². The third-order valence-corrected chi connectivity index (χ3v) is 5.85. The fraction of sp³-hybridized carbons (Fsp3) is 0.368. The number of aryl methyl sites for hydroxylation is 1. The number of carboxylic acids is 1. The first-order valence-electron chi connectivity index (χ1n) is 8.77. The van der Waals surface area contributed by atoms with E-state index in [1.165, 1.54) is 19.3 Å². The second-order valence-corrected chi connectivity index (χ2v) is 7.65. The number of hydrogen-bond donors (Lipinski definition) is 1. The Morgan fingerprint density at radius 2 is 2.07 bits per heavy atom. The zero-order chi connectivity index (χ0) is 21.1. The minimum Gasteiger partial charge on any atom is -0.478 e. The molecule has 1 aliphatic heterocycles. The van der Waals surface area contributed by atoms with Gasteiger partial charge in [0.15, 0.2) is 0 Å². The topological polar surface area (TPSA) is 63.8 Å². The fourth-order valence-corrected chi connectivity index (χ4v) is 4.38. The van der Waals surface area contributed by atoms with Crippen molar-refractivity contribution in [3.63, 3.8) is 0 Å². The summed E-state index contributed by atoms with van der Waals surface area (Å²) in [4.78, 5) is 17.0. The number of carbonyl (C=O) groups is 1. The molecule has 1 aliphatic carbocycles. The molecule has 2 aliphatic rings. The van der Waals surface area contributed by atoms with Gasteiger partial charge >= 0.3 is 12.1 Å². The Bertz CT molecular complexity index is 1050. The van der Waals surface area contributed by atoms with Crippen molar-refractivity contribution in [2.45, 2.75) is 31.0 Å². The van der Waals surface area contributed by atoms with Crippen LogP contribution in [0.1, 0.15) is 30.5 Å². The third-order valence-electron chi connectivity index (χ3n) is 5.54. The van der Waals surface area contributed by atoms with Crippen molar-refractivity contribution in [3.8, 4) is 11.1 Å². The third kappa shape index (κ3) is 2.99. The smallest absolute Gasteiger partial charge is 0.431 e. The molecule has 1 saturated carbocycles. The van der Waals surface area contributed by atoms with Crippen LogP contribution in [-0.2, 0) is 22.9 Å². The molecule has 4 rings (SSSR count). The van der Waals surface area contributed by atoms with Crippen molar-refractivity contribution < 1.29 is 32.3 Å². The maximum atomic E-state index is 14.6. The van der Waals surface area contributed by atoms with E-state index in [1.54, 1.807) is 0 Å². The van der Waals surface area contributed by atoms with E-state index in [2.05, 4.69) is 5.16 Å². The largest absolute Gasteiger partial charge is 0.478 e. The summed E-state index contributed by atoms with van der Waals surface area (Å²) < 4.78 is 54.8. The number of halogens is 5. The lowest BCUT2D eigenvalue weighted by molar-refractivity contribution is -0.164. The predicted octanol–water partition coefficient (Wildman–Crippen LogP) is 4.86. The van der Waals surface area contributed by atoms with Crippen LogP contribution in [0.5, 0.6) is 0 Å². The Kier molecular flexibility index (Phi) is 4.41. The van der Waals surface area contributed by atoms with E-state index in [0.717, 1.165) is 16.7 Å². The van der Waals surface area contributed by atoms with E-state index in [0.29, 0.717) is 12.8 Å². The molecule has 0 spiro atoms. The lowest BCUT2D eigenvalue weighted by Crippen LogP contribution is -2.42. The van der Waals surface area contributed by atoms with Crippen LogP contribution in [0.3, 0.4) is 0 Å². The molecule has 2 unspecified atom stereocenters. The summed E-state index contributed by atoms with van der Waals surface area (Å²) in [5.74, 6) is -2.51. The molecule has 2 heterocycles. The molecule has 10 heteroatoms. The summed E-state index contributed by atoms with van der Waals surface area (Å²) >= 11 is 6.18. The normalized spacial score (nSPS) is 23.7. The number of aliphatic carboxylic acids is 1. The van der Waals surface area contributed by atoms with E-state index in [4.69, 9.17) is 16.4 Å². The SMILES string of the molecule is Cn1cc(-c2cc(C3=NOC4(C(=O)O)CCCC34)c(Cl)cc2F)cc1C(F)(F)F. The van der Waals surface area contributed by atoms with Crippen molar-refractivity contribution in [2.75, 3.05) is 0 Å². The fourth-order valence-electron chi connectivity index (χ4n) is 4.13. The van der Waals surface area contributed by atoms with Crippen LogP contribution in [0.15, 0.2) is 29.6 Å². The van der Waals surface area contributed by atoms with Gasteiger partial charge in [-0.2, -0.15) is 13.2 Å². The molecular weight excluding hydrogens is 416 g/mol. The highest BCUT2D eigenvalue weighted by Crippen LogP contribution is 2.47. The monoisotopic (exact) mass is 430 g/mol. The number of fused-ring (bicyclic) bond motifs is 1. The molecule has 2 aromatic rings. The highest BCUT2D eigenvalue weighted by Gasteiger charge is 2.58. The highest BCUT2D eigenvalue weighted by atomic mass is 35.5. The first-order chi connectivity index (χ1) is 13.5. The van der Waals surface area contributed by atoms with E-state index < -0.39 is 35.2 Å². The Morgan fingerprint density at radius 1 is 1.34 bits per heavy atom. The van der Waals surface area contributed by atoms with Gasteiger partial charge in [0, 0.05) is 36.4 Å². The number of alkyl halides is 3. The Balaban J connectivity index is 1.80. The number of oxime groups is 1. The second kappa shape index (κ2) is 6.48. The summed E-state index contributed by atoms with van der Waals surface area (Å²) in [6.45, 7) is 0. The molecule has 0 amide bonds. The molecule has 0 saturated heterocycles. The Morgan fingerprint density at radius 3 is 2.69 bits per heavy atom. The molecule has 0 bridgehead atoms. The molecule has 0 radical (unpaired) electrons. The number of benzene rings is 1. The van der Waals surface area contributed by atoms with E-state index in [1.807, 2.05) is 0 Å².